The molecule has 12 heavy (non-hydrogen) atoms. The van der Waals surface area contributed by atoms with Crippen LogP contribution >= 0.6 is 22.6 Å². The summed E-state index contributed by atoms with van der Waals surface area (Å²) in [6.45, 7) is 4.40. The summed E-state index contributed by atoms with van der Waals surface area (Å²) < 4.78 is 14.9. The van der Waals surface area contributed by atoms with Crippen LogP contribution in [-0.4, -0.2) is 16.5 Å². The Labute approximate surface area is 85.3 Å². The predicted molar refractivity (Wildman–Crippen MR) is 55.0 cm³/mol. The van der Waals surface area contributed by atoms with Crippen molar-refractivity contribution < 1.29 is 4.39 Å². The number of aromatic nitrogens is 2. The standard InChI is InChI=1S/C8H12FIN2/c1-6-8(10)7(2)12(11-6)5-3-4-9/h3-5H2,1-2H3. The second kappa shape index (κ2) is 4.20. The van der Waals surface area contributed by atoms with Gasteiger partial charge in [-0.1, -0.05) is 0 Å². The van der Waals surface area contributed by atoms with E-state index < -0.39 is 0 Å². The van der Waals surface area contributed by atoms with Gasteiger partial charge in [-0.05, 0) is 42.9 Å². The van der Waals surface area contributed by atoms with Gasteiger partial charge in [0, 0.05) is 12.2 Å². The van der Waals surface area contributed by atoms with Crippen molar-refractivity contribution in [2.45, 2.75) is 26.8 Å². The van der Waals surface area contributed by atoms with E-state index in [1.807, 2.05) is 18.5 Å². The Kier molecular flexibility index (Phi) is 3.49. The predicted octanol–water partition coefficient (Wildman–Crippen LogP) is 2.46. The maximum Gasteiger partial charge on any atom is 0.0912 e. The third-order valence-corrected chi connectivity index (χ3v) is 3.36. The average molecular weight is 282 g/mol. The number of alkyl halides is 1. The number of halogens is 2. The van der Waals surface area contributed by atoms with Gasteiger partial charge in [-0.25, -0.2) is 0 Å². The second-order valence-electron chi connectivity index (χ2n) is 2.75. The van der Waals surface area contributed by atoms with Crippen LogP contribution in [0.25, 0.3) is 0 Å². The normalized spacial score (nSPS) is 10.7. The zero-order valence-electron chi connectivity index (χ0n) is 7.27. The Morgan fingerprint density at radius 3 is 2.58 bits per heavy atom. The minimum Gasteiger partial charge on any atom is -0.268 e. The molecule has 4 heteroatoms. The van der Waals surface area contributed by atoms with Gasteiger partial charge in [0.2, 0.25) is 0 Å². The Morgan fingerprint density at radius 2 is 2.17 bits per heavy atom. The van der Waals surface area contributed by atoms with Crippen LogP contribution in [0.4, 0.5) is 4.39 Å². The number of rotatable bonds is 3. The minimum atomic E-state index is -0.269. The number of hydrogen-bond donors (Lipinski definition) is 0. The molecule has 1 heterocycles. The molecule has 0 aliphatic rings. The highest BCUT2D eigenvalue weighted by molar-refractivity contribution is 14.1. The van der Waals surface area contributed by atoms with Gasteiger partial charge >= 0.3 is 0 Å². The van der Waals surface area contributed by atoms with Gasteiger partial charge in [0.25, 0.3) is 0 Å². The maximum atomic E-state index is 11.9. The molecule has 0 bridgehead atoms. The highest BCUT2D eigenvalue weighted by Gasteiger charge is 2.07. The molecule has 0 radical (unpaired) electrons. The summed E-state index contributed by atoms with van der Waals surface area (Å²) in [7, 11) is 0. The summed E-state index contributed by atoms with van der Waals surface area (Å²) in [6.07, 6.45) is 0.554. The van der Waals surface area contributed by atoms with E-state index in [0.717, 1.165) is 11.4 Å². The summed E-state index contributed by atoms with van der Waals surface area (Å²) in [4.78, 5) is 0. The zero-order chi connectivity index (χ0) is 9.14. The molecule has 1 rings (SSSR count). The molecule has 0 saturated carbocycles. The molecule has 0 spiro atoms. The van der Waals surface area contributed by atoms with Crippen LogP contribution < -0.4 is 0 Å². The van der Waals surface area contributed by atoms with Gasteiger partial charge in [-0.3, -0.25) is 9.07 Å². The highest BCUT2D eigenvalue weighted by Crippen LogP contribution is 2.15. The lowest BCUT2D eigenvalue weighted by Crippen LogP contribution is -2.03. The molecular formula is C8H12FIN2. The van der Waals surface area contributed by atoms with E-state index in [2.05, 4.69) is 27.7 Å². The highest BCUT2D eigenvalue weighted by atomic mass is 127. The van der Waals surface area contributed by atoms with E-state index in [9.17, 15) is 4.39 Å². The van der Waals surface area contributed by atoms with Gasteiger partial charge in [0.15, 0.2) is 0 Å². The molecule has 2 nitrogen and oxygen atoms in total. The SMILES string of the molecule is Cc1nn(CCCF)c(C)c1I. The summed E-state index contributed by atoms with van der Waals surface area (Å²) in [6, 6.07) is 0. The number of aryl methyl sites for hydroxylation is 2. The molecule has 0 saturated heterocycles. The third-order valence-electron chi connectivity index (χ3n) is 1.80. The first-order chi connectivity index (χ1) is 5.66. The monoisotopic (exact) mass is 282 g/mol. The first-order valence-corrected chi connectivity index (χ1v) is 5.00. The summed E-state index contributed by atoms with van der Waals surface area (Å²) in [5.41, 5.74) is 2.17. The van der Waals surface area contributed by atoms with Crippen molar-refractivity contribution in [3.8, 4) is 0 Å². The fourth-order valence-electron chi connectivity index (χ4n) is 1.10. The molecular weight excluding hydrogens is 270 g/mol. The van der Waals surface area contributed by atoms with Crippen LogP contribution in [0, 0.1) is 17.4 Å². The van der Waals surface area contributed by atoms with Crippen LogP contribution in [0.2, 0.25) is 0 Å². The van der Waals surface area contributed by atoms with E-state index in [1.165, 1.54) is 3.57 Å². The fourth-order valence-corrected chi connectivity index (χ4v) is 1.49. The van der Waals surface area contributed by atoms with Crippen molar-refractivity contribution in [1.29, 1.82) is 0 Å². The quantitative estimate of drug-likeness (QED) is 0.779. The van der Waals surface area contributed by atoms with Crippen LogP contribution in [0.1, 0.15) is 17.8 Å². The largest absolute Gasteiger partial charge is 0.268 e. The van der Waals surface area contributed by atoms with Crippen LogP contribution in [0.3, 0.4) is 0 Å². The second-order valence-corrected chi connectivity index (χ2v) is 3.83. The Bertz CT molecular complexity index is 270. The molecule has 0 aliphatic carbocycles. The summed E-state index contributed by atoms with van der Waals surface area (Å²) >= 11 is 2.26. The lowest BCUT2D eigenvalue weighted by molar-refractivity contribution is 0.431. The zero-order valence-corrected chi connectivity index (χ0v) is 9.43. The van der Waals surface area contributed by atoms with Gasteiger partial charge < -0.3 is 0 Å². The Morgan fingerprint density at radius 1 is 1.50 bits per heavy atom. The third kappa shape index (κ3) is 1.97. The van der Waals surface area contributed by atoms with Crippen LogP contribution in [0.15, 0.2) is 0 Å². The fraction of sp³-hybridized carbons (Fsp3) is 0.625. The topological polar surface area (TPSA) is 17.8 Å². The van der Waals surface area contributed by atoms with E-state index in [0.29, 0.717) is 13.0 Å². The molecule has 0 amide bonds. The van der Waals surface area contributed by atoms with E-state index in [4.69, 9.17) is 0 Å². The number of nitrogens with zero attached hydrogens (tertiary/aromatic N) is 2. The molecule has 68 valence electrons. The van der Waals surface area contributed by atoms with Gasteiger partial charge in [0.05, 0.1) is 15.9 Å². The van der Waals surface area contributed by atoms with Crippen LogP contribution in [-0.2, 0) is 6.54 Å². The number of hydrogen-bond acceptors (Lipinski definition) is 1. The molecule has 0 aliphatic heterocycles. The molecule has 1 aromatic heterocycles. The summed E-state index contributed by atoms with van der Waals surface area (Å²) in [5.74, 6) is 0. The maximum absolute atomic E-state index is 11.9. The molecule has 0 unspecified atom stereocenters. The lowest BCUT2D eigenvalue weighted by atomic mass is 10.4. The van der Waals surface area contributed by atoms with Gasteiger partial charge in [-0.15, -0.1) is 0 Å². The average Bonchev–Trinajstić information content (AvgIpc) is 2.30. The molecule has 0 aromatic carbocycles. The smallest absolute Gasteiger partial charge is 0.0912 e. The van der Waals surface area contributed by atoms with Crippen molar-refractivity contribution in [3.63, 3.8) is 0 Å². The Balaban J connectivity index is 2.79. The van der Waals surface area contributed by atoms with Crippen LogP contribution in [0.5, 0.6) is 0 Å². The van der Waals surface area contributed by atoms with Crippen molar-refractivity contribution in [3.05, 3.63) is 15.0 Å². The summed E-state index contributed by atoms with van der Waals surface area (Å²) in [5, 5.41) is 4.29. The van der Waals surface area contributed by atoms with Crippen molar-refractivity contribution in [1.82, 2.24) is 9.78 Å². The Hall–Kier alpha value is -0.130. The lowest BCUT2D eigenvalue weighted by Gasteiger charge is -2.00. The van der Waals surface area contributed by atoms with Crippen molar-refractivity contribution >= 4 is 22.6 Å². The first kappa shape index (κ1) is 9.95. The van der Waals surface area contributed by atoms with Gasteiger partial charge in [0.1, 0.15) is 0 Å². The van der Waals surface area contributed by atoms with Crippen molar-refractivity contribution in [2.24, 2.45) is 0 Å². The molecule has 1 aromatic rings. The molecule has 0 N–H and O–H groups in total. The molecule has 0 atom stereocenters. The molecule has 0 fully saturated rings. The minimum absolute atomic E-state index is 0.269. The van der Waals surface area contributed by atoms with E-state index in [-0.39, 0.29) is 6.67 Å². The van der Waals surface area contributed by atoms with E-state index >= 15 is 0 Å². The van der Waals surface area contributed by atoms with Gasteiger partial charge in [-0.2, -0.15) is 5.10 Å². The van der Waals surface area contributed by atoms with Crippen molar-refractivity contribution in [2.75, 3.05) is 6.67 Å². The first-order valence-electron chi connectivity index (χ1n) is 3.92. The van der Waals surface area contributed by atoms with E-state index in [1.54, 1.807) is 0 Å².